The van der Waals surface area contributed by atoms with Crippen molar-refractivity contribution in [3.05, 3.63) is 22.6 Å². The van der Waals surface area contributed by atoms with Gasteiger partial charge in [-0.2, -0.15) is 0 Å². The molecular weight excluding hydrogens is 260 g/mol. The standard InChI is InChI=1S/C15H20O5/c1-15(2,3)13-10(8-16)11(14(17)18)12(20-13)9-4-6-19-7-5-9/h8-9H,4-7H2,1-3H3,(H,17,18). The number of furan rings is 1. The van der Waals surface area contributed by atoms with E-state index in [-0.39, 0.29) is 17.0 Å². The molecular formula is C15H20O5. The average molecular weight is 280 g/mol. The highest BCUT2D eigenvalue weighted by atomic mass is 16.5. The first-order valence-corrected chi connectivity index (χ1v) is 6.79. The summed E-state index contributed by atoms with van der Waals surface area (Å²) in [4.78, 5) is 22.9. The summed E-state index contributed by atoms with van der Waals surface area (Å²) in [7, 11) is 0. The number of rotatable bonds is 3. The van der Waals surface area contributed by atoms with Crippen molar-refractivity contribution in [3.63, 3.8) is 0 Å². The van der Waals surface area contributed by atoms with E-state index in [4.69, 9.17) is 9.15 Å². The Labute approximate surface area is 117 Å². The number of aromatic carboxylic acids is 1. The molecule has 5 heteroatoms. The zero-order valence-electron chi connectivity index (χ0n) is 12.1. The molecule has 1 aromatic heterocycles. The molecule has 2 heterocycles. The lowest BCUT2D eigenvalue weighted by atomic mass is 9.88. The molecule has 0 aromatic carbocycles. The predicted molar refractivity (Wildman–Crippen MR) is 72.5 cm³/mol. The molecule has 0 saturated carbocycles. The van der Waals surface area contributed by atoms with Crippen LogP contribution in [0.15, 0.2) is 4.42 Å². The van der Waals surface area contributed by atoms with Gasteiger partial charge in [0.1, 0.15) is 17.1 Å². The predicted octanol–water partition coefficient (Wildman–Crippen LogP) is 2.98. The fourth-order valence-electron chi connectivity index (χ4n) is 2.60. The first-order valence-electron chi connectivity index (χ1n) is 6.79. The second kappa shape index (κ2) is 5.40. The van der Waals surface area contributed by atoms with Crippen molar-refractivity contribution < 1.29 is 23.8 Å². The maximum absolute atomic E-state index is 11.5. The van der Waals surface area contributed by atoms with Crippen LogP contribution in [0.5, 0.6) is 0 Å². The van der Waals surface area contributed by atoms with Gasteiger partial charge in [-0.1, -0.05) is 20.8 Å². The fourth-order valence-corrected chi connectivity index (χ4v) is 2.60. The van der Waals surface area contributed by atoms with Crippen LogP contribution in [-0.4, -0.2) is 30.6 Å². The van der Waals surface area contributed by atoms with E-state index in [9.17, 15) is 14.7 Å². The zero-order chi connectivity index (χ0) is 14.9. The first kappa shape index (κ1) is 14.8. The van der Waals surface area contributed by atoms with Crippen LogP contribution in [0.4, 0.5) is 0 Å². The van der Waals surface area contributed by atoms with E-state index in [1.54, 1.807) is 0 Å². The highest BCUT2D eigenvalue weighted by molar-refractivity contribution is 5.99. The van der Waals surface area contributed by atoms with E-state index in [1.165, 1.54) is 0 Å². The van der Waals surface area contributed by atoms with E-state index in [0.717, 1.165) is 12.8 Å². The number of carbonyl (C=O) groups is 2. The molecule has 5 nitrogen and oxygen atoms in total. The van der Waals surface area contributed by atoms with Gasteiger partial charge < -0.3 is 14.3 Å². The van der Waals surface area contributed by atoms with E-state index >= 15 is 0 Å². The summed E-state index contributed by atoms with van der Waals surface area (Å²) in [6.07, 6.45) is 2.03. The Hall–Kier alpha value is -1.62. The third-order valence-electron chi connectivity index (χ3n) is 3.58. The molecule has 0 radical (unpaired) electrons. The molecule has 1 aromatic rings. The highest BCUT2D eigenvalue weighted by Crippen LogP contribution is 2.38. The van der Waals surface area contributed by atoms with Crippen LogP contribution in [0.2, 0.25) is 0 Å². The number of aldehydes is 1. The molecule has 1 N–H and O–H groups in total. The molecule has 0 spiro atoms. The van der Waals surface area contributed by atoms with Gasteiger partial charge in [0.15, 0.2) is 6.29 Å². The highest BCUT2D eigenvalue weighted by Gasteiger charge is 2.34. The summed E-state index contributed by atoms with van der Waals surface area (Å²) >= 11 is 0. The van der Waals surface area contributed by atoms with E-state index in [1.807, 2.05) is 20.8 Å². The van der Waals surface area contributed by atoms with Gasteiger partial charge in [-0.05, 0) is 12.8 Å². The summed E-state index contributed by atoms with van der Waals surface area (Å²) in [6.45, 7) is 6.88. The lowest BCUT2D eigenvalue weighted by Crippen LogP contribution is -2.16. The van der Waals surface area contributed by atoms with Crippen molar-refractivity contribution in [2.24, 2.45) is 0 Å². The van der Waals surface area contributed by atoms with Gasteiger partial charge in [0.2, 0.25) is 0 Å². The van der Waals surface area contributed by atoms with Gasteiger partial charge >= 0.3 is 5.97 Å². The molecule has 0 unspecified atom stereocenters. The van der Waals surface area contributed by atoms with Crippen LogP contribution in [-0.2, 0) is 10.2 Å². The normalized spacial score (nSPS) is 17.1. The maximum atomic E-state index is 11.5. The quantitative estimate of drug-likeness (QED) is 0.861. The molecule has 1 aliphatic heterocycles. The lowest BCUT2D eigenvalue weighted by molar-refractivity contribution is 0.0673. The van der Waals surface area contributed by atoms with Gasteiger partial charge in [0, 0.05) is 24.5 Å². The van der Waals surface area contributed by atoms with Crippen LogP contribution in [0.1, 0.15) is 71.8 Å². The molecule has 110 valence electrons. The van der Waals surface area contributed by atoms with E-state index in [0.29, 0.717) is 31.0 Å². The summed E-state index contributed by atoms with van der Waals surface area (Å²) < 4.78 is 11.1. The molecule has 1 fully saturated rings. The minimum atomic E-state index is -1.10. The molecule has 0 atom stereocenters. The Morgan fingerprint density at radius 1 is 1.30 bits per heavy atom. The minimum Gasteiger partial charge on any atom is -0.478 e. The molecule has 20 heavy (non-hydrogen) atoms. The maximum Gasteiger partial charge on any atom is 0.340 e. The smallest absolute Gasteiger partial charge is 0.340 e. The number of hydrogen-bond acceptors (Lipinski definition) is 4. The Morgan fingerprint density at radius 2 is 1.90 bits per heavy atom. The minimum absolute atomic E-state index is 0.00431. The molecule has 0 bridgehead atoms. The van der Waals surface area contributed by atoms with Crippen LogP contribution in [0.3, 0.4) is 0 Å². The Bertz CT molecular complexity index is 515. The van der Waals surface area contributed by atoms with Gasteiger partial charge in [0.25, 0.3) is 0 Å². The Morgan fingerprint density at radius 3 is 2.35 bits per heavy atom. The SMILES string of the molecule is CC(C)(C)c1oc(C2CCOCC2)c(C(=O)O)c1C=O. The molecule has 0 aliphatic carbocycles. The van der Waals surface area contributed by atoms with Crippen LogP contribution >= 0.6 is 0 Å². The van der Waals surface area contributed by atoms with Crippen LogP contribution in [0, 0.1) is 0 Å². The molecule has 1 aliphatic rings. The Balaban J connectivity index is 2.58. The van der Waals surface area contributed by atoms with Crippen LogP contribution < -0.4 is 0 Å². The van der Waals surface area contributed by atoms with Crippen molar-refractivity contribution in [3.8, 4) is 0 Å². The number of carboxylic acid groups (broad SMARTS) is 1. The lowest BCUT2D eigenvalue weighted by Gasteiger charge is -2.21. The largest absolute Gasteiger partial charge is 0.478 e. The third kappa shape index (κ3) is 2.63. The van der Waals surface area contributed by atoms with Gasteiger partial charge in [-0.15, -0.1) is 0 Å². The number of hydrogen-bond donors (Lipinski definition) is 1. The topological polar surface area (TPSA) is 76.7 Å². The summed E-state index contributed by atoms with van der Waals surface area (Å²) in [5.41, 5.74) is -0.215. The van der Waals surface area contributed by atoms with Crippen molar-refractivity contribution in [2.45, 2.75) is 44.9 Å². The van der Waals surface area contributed by atoms with Crippen molar-refractivity contribution >= 4 is 12.3 Å². The van der Waals surface area contributed by atoms with Gasteiger partial charge in [-0.3, -0.25) is 4.79 Å². The molecule has 2 rings (SSSR count). The van der Waals surface area contributed by atoms with Crippen molar-refractivity contribution in [1.82, 2.24) is 0 Å². The van der Waals surface area contributed by atoms with Crippen molar-refractivity contribution in [2.75, 3.05) is 13.2 Å². The average Bonchev–Trinajstić information content (AvgIpc) is 2.79. The summed E-state index contributed by atoms with van der Waals surface area (Å²) in [5, 5.41) is 9.44. The van der Waals surface area contributed by atoms with Gasteiger partial charge in [-0.25, -0.2) is 4.79 Å². The van der Waals surface area contributed by atoms with E-state index < -0.39 is 11.4 Å². The fraction of sp³-hybridized carbons (Fsp3) is 0.600. The zero-order valence-corrected chi connectivity index (χ0v) is 12.1. The number of carboxylic acids is 1. The van der Waals surface area contributed by atoms with Gasteiger partial charge in [0.05, 0.1) is 5.56 Å². The number of carbonyl (C=O) groups excluding carboxylic acids is 1. The molecule has 0 amide bonds. The summed E-state index contributed by atoms with van der Waals surface area (Å²) in [6, 6.07) is 0. The third-order valence-corrected chi connectivity index (χ3v) is 3.58. The second-order valence-electron chi connectivity index (χ2n) is 6.14. The number of ether oxygens (including phenoxy) is 1. The van der Waals surface area contributed by atoms with Crippen molar-refractivity contribution in [1.29, 1.82) is 0 Å². The summed E-state index contributed by atoms with van der Waals surface area (Å²) in [5.74, 6) is -0.225. The van der Waals surface area contributed by atoms with Crippen LogP contribution in [0.25, 0.3) is 0 Å². The Kier molecular flexibility index (Phi) is 3.99. The molecule has 1 saturated heterocycles. The second-order valence-corrected chi connectivity index (χ2v) is 6.14. The monoisotopic (exact) mass is 280 g/mol. The first-order chi connectivity index (χ1) is 9.36. The van der Waals surface area contributed by atoms with E-state index in [2.05, 4.69) is 0 Å².